The number of hydrogen-bond donors (Lipinski definition) is 2. The second-order valence-corrected chi connectivity index (χ2v) is 8.03. The van der Waals surface area contributed by atoms with Gasteiger partial charge in [0.25, 0.3) is 0 Å². The Hall–Kier alpha value is -2.61. The van der Waals surface area contributed by atoms with Crippen molar-refractivity contribution in [2.75, 3.05) is 44.2 Å². The standard InChI is InChI=1S/C23H36FN7/c1-6-25-23(27-16-20-17(3)28-29(5)18(20)4)26-15-19-8-9-22(21(24)14-19)31-12-10-30(7-2)11-13-31/h8-9,14H,6-7,10-13,15-16H2,1-5H3,(H2,25,26,27). The third-order valence-electron chi connectivity index (χ3n) is 6.03. The van der Waals surface area contributed by atoms with E-state index in [1.165, 1.54) is 5.56 Å². The van der Waals surface area contributed by atoms with E-state index in [0.29, 0.717) is 24.7 Å². The summed E-state index contributed by atoms with van der Waals surface area (Å²) >= 11 is 0. The van der Waals surface area contributed by atoms with Crippen LogP contribution < -0.4 is 15.5 Å². The molecule has 0 bridgehead atoms. The van der Waals surface area contributed by atoms with Gasteiger partial charge in [-0.25, -0.2) is 9.38 Å². The molecular weight excluding hydrogens is 393 g/mol. The Balaban J connectivity index is 1.63. The Labute approximate surface area is 185 Å². The fraction of sp³-hybridized carbons (Fsp3) is 0.565. The highest BCUT2D eigenvalue weighted by Crippen LogP contribution is 2.22. The summed E-state index contributed by atoms with van der Waals surface area (Å²) in [5.74, 6) is 0.544. The molecule has 0 atom stereocenters. The van der Waals surface area contributed by atoms with Gasteiger partial charge < -0.3 is 20.4 Å². The maximum Gasteiger partial charge on any atom is 0.191 e. The summed E-state index contributed by atoms with van der Waals surface area (Å²) in [4.78, 5) is 9.18. The Morgan fingerprint density at radius 2 is 1.87 bits per heavy atom. The smallest absolute Gasteiger partial charge is 0.191 e. The molecule has 1 saturated heterocycles. The van der Waals surface area contributed by atoms with Crippen LogP contribution in [0.15, 0.2) is 23.2 Å². The van der Waals surface area contributed by atoms with E-state index in [-0.39, 0.29) is 5.82 Å². The van der Waals surface area contributed by atoms with E-state index in [9.17, 15) is 4.39 Å². The highest BCUT2D eigenvalue weighted by Gasteiger charge is 2.18. The van der Waals surface area contributed by atoms with Gasteiger partial charge in [0.2, 0.25) is 0 Å². The molecule has 0 radical (unpaired) electrons. The van der Waals surface area contributed by atoms with Crippen molar-refractivity contribution in [1.82, 2.24) is 25.3 Å². The van der Waals surface area contributed by atoms with Crippen LogP contribution in [-0.4, -0.2) is 59.9 Å². The van der Waals surface area contributed by atoms with Crippen LogP contribution in [-0.2, 0) is 20.1 Å². The molecule has 0 aliphatic carbocycles. The quantitative estimate of drug-likeness (QED) is 0.523. The lowest BCUT2D eigenvalue weighted by atomic mass is 10.1. The van der Waals surface area contributed by atoms with Crippen LogP contribution in [0.1, 0.15) is 36.4 Å². The molecule has 1 fully saturated rings. The van der Waals surface area contributed by atoms with Gasteiger partial charge in [-0.2, -0.15) is 5.10 Å². The maximum absolute atomic E-state index is 14.8. The van der Waals surface area contributed by atoms with Gasteiger partial charge in [-0.1, -0.05) is 13.0 Å². The Morgan fingerprint density at radius 1 is 1.13 bits per heavy atom. The first-order chi connectivity index (χ1) is 14.9. The number of aliphatic imine (C=N–C) groups is 1. The van der Waals surface area contributed by atoms with E-state index >= 15 is 0 Å². The van der Waals surface area contributed by atoms with Gasteiger partial charge in [0, 0.05) is 57.6 Å². The van der Waals surface area contributed by atoms with E-state index in [1.54, 1.807) is 6.07 Å². The summed E-state index contributed by atoms with van der Waals surface area (Å²) in [6.45, 7) is 14.8. The van der Waals surface area contributed by atoms with E-state index in [0.717, 1.165) is 56.2 Å². The predicted octanol–water partition coefficient (Wildman–Crippen LogP) is 2.57. The van der Waals surface area contributed by atoms with Crippen LogP contribution in [0.25, 0.3) is 0 Å². The lowest BCUT2D eigenvalue weighted by Gasteiger charge is -2.35. The minimum absolute atomic E-state index is 0.169. The van der Waals surface area contributed by atoms with Crippen molar-refractivity contribution >= 4 is 11.6 Å². The molecule has 8 heteroatoms. The average molecular weight is 430 g/mol. The number of anilines is 1. The van der Waals surface area contributed by atoms with Crippen LogP contribution in [0.2, 0.25) is 0 Å². The molecule has 0 amide bonds. The molecule has 31 heavy (non-hydrogen) atoms. The molecule has 1 aliphatic heterocycles. The number of nitrogens with one attached hydrogen (secondary N) is 2. The second-order valence-electron chi connectivity index (χ2n) is 8.03. The number of aryl methyl sites for hydroxylation is 2. The first-order valence-corrected chi connectivity index (χ1v) is 11.2. The Morgan fingerprint density at radius 3 is 2.45 bits per heavy atom. The van der Waals surface area contributed by atoms with E-state index in [4.69, 9.17) is 0 Å². The van der Waals surface area contributed by atoms with Crippen LogP contribution in [0.4, 0.5) is 10.1 Å². The molecule has 0 unspecified atom stereocenters. The number of rotatable bonds is 7. The summed E-state index contributed by atoms with van der Waals surface area (Å²) in [7, 11) is 1.95. The van der Waals surface area contributed by atoms with Crippen molar-refractivity contribution in [2.45, 2.75) is 40.8 Å². The van der Waals surface area contributed by atoms with Crippen LogP contribution >= 0.6 is 0 Å². The fourth-order valence-corrected chi connectivity index (χ4v) is 3.97. The van der Waals surface area contributed by atoms with E-state index in [1.807, 2.05) is 37.7 Å². The molecule has 1 aromatic carbocycles. The largest absolute Gasteiger partial charge is 0.367 e. The summed E-state index contributed by atoms with van der Waals surface area (Å²) < 4.78 is 16.7. The molecule has 7 nitrogen and oxygen atoms in total. The van der Waals surface area contributed by atoms with Gasteiger partial charge in [0.1, 0.15) is 5.82 Å². The molecule has 2 N–H and O–H groups in total. The van der Waals surface area contributed by atoms with Crippen LogP contribution in [0, 0.1) is 19.7 Å². The molecule has 1 aliphatic rings. The number of hydrogen-bond acceptors (Lipinski definition) is 4. The molecule has 3 rings (SSSR count). The SMILES string of the molecule is CCNC(=NCc1ccc(N2CCN(CC)CC2)c(F)c1)NCc1c(C)nn(C)c1C. The number of aromatic nitrogens is 2. The van der Waals surface area contributed by atoms with Gasteiger partial charge in [-0.3, -0.25) is 4.68 Å². The number of likely N-dealkylation sites (N-methyl/N-ethyl adjacent to an activating group) is 1. The summed E-state index contributed by atoms with van der Waals surface area (Å²) in [5.41, 5.74) is 4.88. The number of nitrogens with zero attached hydrogens (tertiary/aromatic N) is 5. The molecule has 170 valence electrons. The first-order valence-electron chi connectivity index (χ1n) is 11.2. The van der Waals surface area contributed by atoms with Crippen molar-refractivity contribution < 1.29 is 4.39 Å². The Kier molecular flexibility index (Phi) is 7.90. The van der Waals surface area contributed by atoms with Crippen molar-refractivity contribution in [3.8, 4) is 0 Å². The van der Waals surface area contributed by atoms with Crippen molar-refractivity contribution in [3.63, 3.8) is 0 Å². The van der Waals surface area contributed by atoms with Gasteiger partial charge in [0.05, 0.1) is 17.9 Å². The minimum Gasteiger partial charge on any atom is -0.367 e. The predicted molar refractivity (Wildman–Crippen MR) is 125 cm³/mol. The first kappa shape index (κ1) is 23.1. The molecule has 2 aromatic rings. The average Bonchev–Trinajstić information content (AvgIpc) is 3.01. The number of halogens is 1. The normalized spacial score (nSPS) is 15.4. The summed E-state index contributed by atoms with van der Waals surface area (Å²) in [6.07, 6.45) is 0. The number of guanidine groups is 1. The van der Waals surface area contributed by atoms with Crippen LogP contribution in [0.5, 0.6) is 0 Å². The zero-order valence-electron chi connectivity index (χ0n) is 19.5. The monoisotopic (exact) mass is 429 g/mol. The zero-order valence-corrected chi connectivity index (χ0v) is 19.5. The summed E-state index contributed by atoms with van der Waals surface area (Å²) in [5, 5.41) is 11.1. The van der Waals surface area contributed by atoms with Gasteiger partial charge in [-0.15, -0.1) is 0 Å². The highest BCUT2D eigenvalue weighted by atomic mass is 19.1. The maximum atomic E-state index is 14.8. The van der Waals surface area contributed by atoms with Gasteiger partial charge in [-0.05, 0) is 45.0 Å². The molecule has 2 heterocycles. The molecule has 0 spiro atoms. The molecule has 0 saturated carbocycles. The number of piperazine rings is 1. The Bertz CT molecular complexity index is 898. The molecule has 1 aromatic heterocycles. The van der Waals surface area contributed by atoms with Crippen molar-refractivity contribution in [1.29, 1.82) is 0 Å². The zero-order chi connectivity index (χ0) is 22.4. The van der Waals surface area contributed by atoms with Crippen molar-refractivity contribution in [3.05, 3.63) is 46.5 Å². The van der Waals surface area contributed by atoms with E-state index in [2.05, 4.69) is 44.4 Å². The molecular formula is C23H36FN7. The lowest BCUT2D eigenvalue weighted by molar-refractivity contribution is 0.270. The minimum atomic E-state index is -0.169. The topological polar surface area (TPSA) is 60.7 Å². The highest BCUT2D eigenvalue weighted by molar-refractivity contribution is 5.79. The van der Waals surface area contributed by atoms with Crippen molar-refractivity contribution in [2.24, 2.45) is 12.0 Å². The van der Waals surface area contributed by atoms with E-state index < -0.39 is 0 Å². The van der Waals surface area contributed by atoms with Gasteiger partial charge in [0.15, 0.2) is 5.96 Å². The van der Waals surface area contributed by atoms with Gasteiger partial charge >= 0.3 is 0 Å². The third-order valence-corrected chi connectivity index (χ3v) is 6.03. The number of benzene rings is 1. The van der Waals surface area contributed by atoms with Crippen LogP contribution in [0.3, 0.4) is 0 Å². The summed E-state index contributed by atoms with van der Waals surface area (Å²) in [6, 6.07) is 5.49. The second kappa shape index (κ2) is 10.6. The lowest BCUT2D eigenvalue weighted by Crippen LogP contribution is -2.46. The fourth-order valence-electron chi connectivity index (χ4n) is 3.97. The third kappa shape index (κ3) is 5.76.